The van der Waals surface area contributed by atoms with Crippen LogP contribution in [0.3, 0.4) is 0 Å². The molecule has 3 aliphatic rings. The van der Waals surface area contributed by atoms with E-state index in [1.54, 1.807) is 6.33 Å². The molecule has 0 unspecified atom stereocenters. The monoisotopic (exact) mass is 372 g/mol. The van der Waals surface area contributed by atoms with Gasteiger partial charge in [-0.1, -0.05) is 0 Å². The molecule has 3 fully saturated rings. The predicted octanol–water partition coefficient (Wildman–Crippen LogP) is 1.82. The summed E-state index contributed by atoms with van der Waals surface area (Å²) in [6.45, 7) is 8.29. The average Bonchev–Trinajstić information content (AvgIpc) is 3.52. The minimum absolute atomic E-state index is 0.296. The molecule has 2 aliphatic heterocycles. The number of hydrogen-bond acceptors (Lipinski definition) is 6. The molecule has 1 amide bonds. The summed E-state index contributed by atoms with van der Waals surface area (Å²) in [5.74, 6) is 3.03. The molecule has 3 heterocycles. The lowest BCUT2D eigenvalue weighted by molar-refractivity contribution is -0.135. The molecule has 1 atom stereocenters. The molecule has 1 aliphatic carbocycles. The lowest BCUT2D eigenvalue weighted by atomic mass is 10.0. The molecule has 7 heteroatoms. The van der Waals surface area contributed by atoms with E-state index in [2.05, 4.69) is 43.0 Å². The fraction of sp³-hybridized carbons (Fsp3) is 0.750. The molecule has 0 aromatic carbocycles. The zero-order chi connectivity index (χ0) is 18.6. The van der Waals surface area contributed by atoms with Crippen molar-refractivity contribution < 1.29 is 4.79 Å². The summed E-state index contributed by atoms with van der Waals surface area (Å²) in [5.41, 5.74) is 0. The van der Waals surface area contributed by atoms with Gasteiger partial charge in [0.2, 0.25) is 5.91 Å². The van der Waals surface area contributed by atoms with E-state index in [0.717, 1.165) is 69.7 Å². The van der Waals surface area contributed by atoms with Crippen molar-refractivity contribution in [2.24, 2.45) is 5.92 Å². The summed E-state index contributed by atoms with van der Waals surface area (Å²) in [4.78, 5) is 28.1. The zero-order valence-electron chi connectivity index (χ0n) is 16.4. The van der Waals surface area contributed by atoms with Crippen molar-refractivity contribution in [3.8, 4) is 0 Å². The average molecular weight is 373 g/mol. The third-order valence-electron chi connectivity index (χ3n) is 6.10. The number of anilines is 2. The summed E-state index contributed by atoms with van der Waals surface area (Å²) < 4.78 is 0. The van der Waals surface area contributed by atoms with Gasteiger partial charge in [0.1, 0.15) is 18.0 Å². The molecule has 1 N–H and O–H groups in total. The van der Waals surface area contributed by atoms with Crippen molar-refractivity contribution in [3.05, 3.63) is 12.4 Å². The Kier molecular flexibility index (Phi) is 5.76. The Morgan fingerprint density at radius 1 is 1.11 bits per heavy atom. The lowest BCUT2D eigenvalue weighted by Gasteiger charge is -2.38. The van der Waals surface area contributed by atoms with Crippen molar-refractivity contribution in [1.82, 2.24) is 19.8 Å². The van der Waals surface area contributed by atoms with Crippen LogP contribution in [0.5, 0.6) is 0 Å². The van der Waals surface area contributed by atoms with Gasteiger partial charge in [0.25, 0.3) is 0 Å². The molecule has 0 bridgehead atoms. The van der Waals surface area contributed by atoms with Crippen molar-refractivity contribution in [1.29, 1.82) is 0 Å². The molecular formula is C20H32N6O. The number of piperazine rings is 1. The summed E-state index contributed by atoms with van der Waals surface area (Å²) >= 11 is 0. The van der Waals surface area contributed by atoms with E-state index in [-0.39, 0.29) is 0 Å². The maximum atomic E-state index is 12.6. The van der Waals surface area contributed by atoms with Gasteiger partial charge in [0.05, 0.1) is 6.54 Å². The van der Waals surface area contributed by atoms with Crippen LogP contribution in [0.1, 0.15) is 39.0 Å². The van der Waals surface area contributed by atoms with Gasteiger partial charge in [0.15, 0.2) is 0 Å². The van der Waals surface area contributed by atoms with E-state index in [9.17, 15) is 4.79 Å². The topological polar surface area (TPSA) is 64.6 Å². The predicted molar refractivity (Wildman–Crippen MR) is 107 cm³/mol. The highest BCUT2D eigenvalue weighted by atomic mass is 16.2. The minimum atomic E-state index is 0.296. The highest BCUT2D eigenvalue weighted by Crippen LogP contribution is 2.29. The number of aromatic nitrogens is 2. The second-order valence-corrected chi connectivity index (χ2v) is 8.28. The Labute approximate surface area is 162 Å². The molecule has 1 saturated carbocycles. The number of amides is 1. The second-order valence-electron chi connectivity index (χ2n) is 8.28. The maximum absolute atomic E-state index is 12.6. The molecule has 4 rings (SSSR count). The smallest absolute Gasteiger partial charge is 0.236 e. The summed E-state index contributed by atoms with van der Waals surface area (Å²) in [6, 6.07) is 2.45. The third-order valence-corrected chi connectivity index (χ3v) is 6.10. The Morgan fingerprint density at radius 2 is 1.93 bits per heavy atom. The van der Waals surface area contributed by atoms with Gasteiger partial charge in [0, 0.05) is 51.4 Å². The Balaban J connectivity index is 1.26. The fourth-order valence-corrected chi connectivity index (χ4v) is 4.07. The van der Waals surface area contributed by atoms with Gasteiger partial charge in [-0.15, -0.1) is 0 Å². The van der Waals surface area contributed by atoms with Crippen LogP contribution in [0.25, 0.3) is 0 Å². The standard InChI is InChI=1S/C20H32N6O/c1-16-4-2-3-7-26(16)20(27)14-24-8-10-25(11-9-24)19-12-18(22-15-23-19)21-13-17-5-6-17/h12,15-17H,2-11,13-14H2,1H3,(H,21,22,23)/t16-/m1/s1. The number of nitrogens with zero attached hydrogens (tertiary/aromatic N) is 5. The molecule has 2 saturated heterocycles. The number of rotatable bonds is 6. The van der Waals surface area contributed by atoms with Gasteiger partial charge in [-0.2, -0.15) is 0 Å². The van der Waals surface area contributed by atoms with E-state index in [1.165, 1.54) is 19.3 Å². The molecule has 1 aromatic heterocycles. The lowest BCUT2D eigenvalue weighted by Crippen LogP contribution is -2.52. The molecule has 148 valence electrons. The van der Waals surface area contributed by atoms with Crippen LogP contribution in [0.15, 0.2) is 12.4 Å². The quantitative estimate of drug-likeness (QED) is 0.822. The first-order chi connectivity index (χ1) is 13.2. The van der Waals surface area contributed by atoms with E-state index < -0.39 is 0 Å². The molecule has 1 aromatic rings. The van der Waals surface area contributed by atoms with Crippen molar-refractivity contribution in [2.45, 2.75) is 45.1 Å². The van der Waals surface area contributed by atoms with Gasteiger partial charge < -0.3 is 15.1 Å². The summed E-state index contributed by atoms with van der Waals surface area (Å²) in [7, 11) is 0. The zero-order valence-corrected chi connectivity index (χ0v) is 16.4. The molecule has 7 nitrogen and oxygen atoms in total. The van der Waals surface area contributed by atoms with E-state index in [1.807, 2.05) is 0 Å². The molecule has 0 spiro atoms. The van der Waals surface area contributed by atoms with Crippen LogP contribution in [-0.2, 0) is 4.79 Å². The first-order valence-electron chi connectivity index (χ1n) is 10.5. The largest absolute Gasteiger partial charge is 0.370 e. The van der Waals surface area contributed by atoms with Gasteiger partial charge in [-0.3, -0.25) is 9.69 Å². The number of carbonyl (C=O) groups excluding carboxylic acids is 1. The SMILES string of the molecule is C[C@@H]1CCCCN1C(=O)CN1CCN(c2cc(NCC3CC3)ncn2)CC1. The molecule has 0 radical (unpaired) electrons. The second kappa shape index (κ2) is 8.42. The maximum Gasteiger partial charge on any atom is 0.236 e. The van der Waals surface area contributed by atoms with Crippen LogP contribution in [0, 0.1) is 5.92 Å². The van der Waals surface area contributed by atoms with Crippen LogP contribution in [0.2, 0.25) is 0 Å². The van der Waals surface area contributed by atoms with Gasteiger partial charge >= 0.3 is 0 Å². The third kappa shape index (κ3) is 4.89. The van der Waals surface area contributed by atoms with Gasteiger partial charge in [-0.05, 0) is 44.9 Å². The summed E-state index contributed by atoms with van der Waals surface area (Å²) in [5, 5.41) is 3.42. The van der Waals surface area contributed by atoms with Crippen molar-refractivity contribution >= 4 is 17.5 Å². The normalized spacial score (nSPS) is 24.1. The fourth-order valence-electron chi connectivity index (χ4n) is 4.07. The molecule has 27 heavy (non-hydrogen) atoms. The first kappa shape index (κ1) is 18.5. The first-order valence-corrected chi connectivity index (χ1v) is 10.5. The molecular weight excluding hydrogens is 340 g/mol. The summed E-state index contributed by atoms with van der Waals surface area (Å²) in [6.07, 6.45) is 7.86. The van der Waals surface area contributed by atoms with E-state index in [4.69, 9.17) is 0 Å². The highest BCUT2D eigenvalue weighted by molar-refractivity contribution is 5.78. The van der Waals surface area contributed by atoms with Crippen LogP contribution < -0.4 is 10.2 Å². The van der Waals surface area contributed by atoms with Crippen molar-refractivity contribution in [2.75, 3.05) is 56.0 Å². The Morgan fingerprint density at radius 3 is 2.67 bits per heavy atom. The van der Waals surface area contributed by atoms with Gasteiger partial charge in [-0.25, -0.2) is 9.97 Å². The number of hydrogen-bond donors (Lipinski definition) is 1. The Hall–Kier alpha value is -1.89. The van der Waals surface area contributed by atoms with Crippen LogP contribution in [0.4, 0.5) is 11.6 Å². The van der Waals surface area contributed by atoms with Crippen LogP contribution >= 0.6 is 0 Å². The van der Waals surface area contributed by atoms with Crippen molar-refractivity contribution in [3.63, 3.8) is 0 Å². The number of carbonyl (C=O) groups is 1. The number of nitrogens with one attached hydrogen (secondary N) is 1. The number of piperidine rings is 1. The van der Waals surface area contributed by atoms with E-state index in [0.29, 0.717) is 18.5 Å². The highest BCUT2D eigenvalue weighted by Gasteiger charge is 2.26. The minimum Gasteiger partial charge on any atom is -0.370 e. The Bertz CT molecular complexity index is 641. The van der Waals surface area contributed by atoms with E-state index >= 15 is 0 Å². The number of likely N-dealkylation sites (tertiary alicyclic amines) is 1. The van der Waals surface area contributed by atoms with Crippen LogP contribution in [-0.4, -0.2) is 77.5 Å².